The summed E-state index contributed by atoms with van der Waals surface area (Å²) in [6.45, 7) is 3.55. The molecule has 0 saturated carbocycles. The van der Waals surface area contributed by atoms with E-state index >= 15 is 0 Å². The van der Waals surface area contributed by atoms with Gasteiger partial charge in [0.2, 0.25) is 0 Å². The summed E-state index contributed by atoms with van der Waals surface area (Å²) >= 11 is 0. The van der Waals surface area contributed by atoms with Gasteiger partial charge in [0.05, 0.1) is 23.9 Å². The van der Waals surface area contributed by atoms with Crippen LogP contribution in [0.3, 0.4) is 0 Å². The molecule has 0 aliphatic heterocycles. The first-order valence-corrected chi connectivity index (χ1v) is 5.02. The molecular weight excluding hydrogens is 208 g/mol. The summed E-state index contributed by atoms with van der Waals surface area (Å²) in [5.74, 6) is -0.321. The van der Waals surface area contributed by atoms with Gasteiger partial charge in [-0.15, -0.1) is 0 Å². The zero-order chi connectivity index (χ0) is 12.3. The summed E-state index contributed by atoms with van der Waals surface area (Å²) in [6, 6.07) is 3.12. The second-order valence-electron chi connectivity index (χ2n) is 3.75. The third-order valence-electron chi connectivity index (χ3n) is 2.59. The smallest absolute Gasteiger partial charge is 0.337 e. The lowest BCUT2D eigenvalue weighted by Gasteiger charge is -2.24. The number of aromatic carboxylic acids is 1. The topological polar surface area (TPSA) is 73.7 Å². The maximum absolute atomic E-state index is 10.8. The zero-order valence-corrected chi connectivity index (χ0v) is 9.64. The first kappa shape index (κ1) is 12.4. The number of aryl methyl sites for hydroxylation is 1. The third-order valence-corrected chi connectivity index (χ3v) is 2.59. The van der Waals surface area contributed by atoms with Gasteiger partial charge in [-0.3, -0.25) is 0 Å². The number of carboxylic acid groups (broad SMARTS) is 1. The van der Waals surface area contributed by atoms with Crippen LogP contribution in [0.2, 0.25) is 0 Å². The summed E-state index contributed by atoms with van der Waals surface area (Å²) in [4.78, 5) is 16.8. The van der Waals surface area contributed by atoms with Crippen LogP contribution in [0, 0.1) is 6.92 Å². The van der Waals surface area contributed by atoms with E-state index in [2.05, 4.69) is 4.98 Å². The number of nitrogens with zero attached hydrogens (tertiary/aromatic N) is 2. The van der Waals surface area contributed by atoms with E-state index in [1.807, 2.05) is 14.0 Å². The summed E-state index contributed by atoms with van der Waals surface area (Å²) in [6.07, 6.45) is 0. The number of likely N-dealkylation sites (N-methyl/N-ethyl adjacent to an activating group) is 1. The van der Waals surface area contributed by atoms with E-state index in [9.17, 15) is 4.79 Å². The highest BCUT2D eigenvalue weighted by atomic mass is 16.4. The van der Waals surface area contributed by atoms with Crippen molar-refractivity contribution in [3.8, 4) is 0 Å². The Kier molecular flexibility index (Phi) is 3.84. The summed E-state index contributed by atoms with van der Waals surface area (Å²) in [7, 11) is 1.81. The molecule has 0 amide bonds. The Balaban J connectivity index is 3.01. The molecule has 16 heavy (non-hydrogen) atoms. The fourth-order valence-corrected chi connectivity index (χ4v) is 1.32. The van der Waals surface area contributed by atoms with E-state index in [0.717, 1.165) is 0 Å². The molecule has 0 aromatic carbocycles. The average molecular weight is 224 g/mol. The van der Waals surface area contributed by atoms with Crippen molar-refractivity contribution >= 4 is 11.8 Å². The standard InChI is InChI=1S/C11H16N2O3/c1-7(6-14)13(3)10-5-4-9(11(15)16)8(2)12-10/h4-5,7,14H,6H2,1-3H3,(H,15,16). The zero-order valence-electron chi connectivity index (χ0n) is 9.64. The average Bonchev–Trinajstić information content (AvgIpc) is 2.26. The molecule has 1 aromatic heterocycles. The minimum Gasteiger partial charge on any atom is -0.478 e. The summed E-state index contributed by atoms with van der Waals surface area (Å²) < 4.78 is 0. The monoisotopic (exact) mass is 224 g/mol. The number of aromatic nitrogens is 1. The van der Waals surface area contributed by atoms with Gasteiger partial charge in [0.15, 0.2) is 0 Å². The van der Waals surface area contributed by atoms with Gasteiger partial charge in [0.1, 0.15) is 5.82 Å². The molecule has 2 N–H and O–H groups in total. The quantitative estimate of drug-likeness (QED) is 0.795. The van der Waals surface area contributed by atoms with Crippen molar-refractivity contribution in [2.45, 2.75) is 19.9 Å². The van der Waals surface area contributed by atoms with E-state index in [0.29, 0.717) is 11.5 Å². The van der Waals surface area contributed by atoms with E-state index in [1.165, 1.54) is 6.07 Å². The van der Waals surface area contributed by atoms with E-state index < -0.39 is 5.97 Å². The van der Waals surface area contributed by atoms with Crippen molar-refractivity contribution in [2.24, 2.45) is 0 Å². The van der Waals surface area contributed by atoms with Crippen LogP contribution in [0.15, 0.2) is 12.1 Å². The van der Waals surface area contributed by atoms with Gasteiger partial charge < -0.3 is 15.1 Å². The Labute approximate surface area is 94.4 Å². The molecule has 1 aromatic rings. The molecule has 0 saturated heterocycles. The Bertz CT molecular complexity index is 393. The fraction of sp³-hybridized carbons (Fsp3) is 0.455. The van der Waals surface area contributed by atoms with Crippen molar-refractivity contribution in [1.82, 2.24) is 4.98 Å². The molecule has 1 unspecified atom stereocenters. The van der Waals surface area contributed by atoms with Crippen LogP contribution in [0.4, 0.5) is 5.82 Å². The minimum absolute atomic E-state index is 0.0257. The Morgan fingerprint density at radius 1 is 1.56 bits per heavy atom. The van der Waals surface area contributed by atoms with Crippen LogP contribution in [0.1, 0.15) is 23.0 Å². The number of carboxylic acids is 1. The van der Waals surface area contributed by atoms with Crippen LogP contribution < -0.4 is 4.90 Å². The number of hydrogen-bond acceptors (Lipinski definition) is 4. The molecule has 5 nitrogen and oxygen atoms in total. The number of pyridine rings is 1. The van der Waals surface area contributed by atoms with Crippen molar-refractivity contribution < 1.29 is 15.0 Å². The molecule has 5 heteroatoms. The van der Waals surface area contributed by atoms with Gasteiger partial charge >= 0.3 is 5.97 Å². The maximum atomic E-state index is 10.8. The van der Waals surface area contributed by atoms with Gasteiger partial charge in [-0.2, -0.15) is 0 Å². The molecule has 1 rings (SSSR count). The number of rotatable bonds is 4. The first-order chi connectivity index (χ1) is 7.47. The highest BCUT2D eigenvalue weighted by Crippen LogP contribution is 2.15. The summed E-state index contributed by atoms with van der Waals surface area (Å²) in [5.41, 5.74) is 0.677. The van der Waals surface area contributed by atoms with E-state index in [-0.39, 0.29) is 18.2 Å². The van der Waals surface area contributed by atoms with E-state index in [1.54, 1.807) is 17.9 Å². The van der Waals surface area contributed by atoms with Gasteiger partial charge in [-0.05, 0) is 26.0 Å². The van der Waals surface area contributed by atoms with Gasteiger partial charge in [0, 0.05) is 7.05 Å². The van der Waals surface area contributed by atoms with Gasteiger partial charge in [-0.1, -0.05) is 0 Å². The predicted octanol–water partition coefficient (Wildman–Crippen LogP) is 0.905. The molecule has 0 radical (unpaired) electrons. The molecular formula is C11H16N2O3. The van der Waals surface area contributed by atoms with Crippen molar-refractivity contribution in [3.63, 3.8) is 0 Å². The number of aliphatic hydroxyl groups excluding tert-OH is 1. The molecule has 88 valence electrons. The minimum atomic E-state index is -0.977. The maximum Gasteiger partial charge on any atom is 0.337 e. The van der Waals surface area contributed by atoms with Crippen molar-refractivity contribution in [2.75, 3.05) is 18.6 Å². The molecule has 0 fully saturated rings. The van der Waals surface area contributed by atoms with E-state index in [4.69, 9.17) is 10.2 Å². The number of aliphatic hydroxyl groups is 1. The number of hydrogen-bond donors (Lipinski definition) is 2. The van der Waals surface area contributed by atoms with Crippen LogP contribution in [0.25, 0.3) is 0 Å². The third kappa shape index (κ3) is 2.49. The predicted molar refractivity (Wildman–Crippen MR) is 60.9 cm³/mol. The second-order valence-corrected chi connectivity index (χ2v) is 3.75. The fourth-order valence-electron chi connectivity index (χ4n) is 1.32. The molecule has 0 aliphatic carbocycles. The van der Waals surface area contributed by atoms with Crippen LogP contribution in [-0.2, 0) is 0 Å². The van der Waals surface area contributed by atoms with Crippen LogP contribution >= 0.6 is 0 Å². The number of carbonyl (C=O) groups is 1. The SMILES string of the molecule is Cc1nc(N(C)C(C)CO)ccc1C(=O)O. The van der Waals surface area contributed by atoms with Crippen molar-refractivity contribution in [3.05, 3.63) is 23.4 Å². The Morgan fingerprint density at radius 3 is 2.62 bits per heavy atom. The highest BCUT2D eigenvalue weighted by Gasteiger charge is 2.13. The largest absolute Gasteiger partial charge is 0.478 e. The van der Waals surface area contributed by atoms with Crippen LogP contribution in [-0.4, -0.2) is 40.9 Å². The number of anilines is 1. The lowest BCUT2D eigenvalue weighted by molar-refractivity contribution is 0.0695. The molecule has 0 bridgehead atoms. The van der Waals surface area contributed by atoms with Crippen molar-refractivity contribution in [1.29, 1.82) is 0 Å². The Morgan fingerprint density at radius 2 is 2.19 bits per heavy atom. The summed E-state index contributed by atoms with van der Waals surface area (Å²) in [5, 5.41) is 17.9. The second kappa shape index (κ2) is 4.94. The molecule has 0 aliphatic rings. The lowest BCUT2D eigenvalue weighted by atomic mass is 10.2. The molecule has 1 heterocycles. The molecule has 1 atom stereocenters. The Hall–Kier alpha value is -1.62. The highest BCUT2D eigenvalue weighted by molar-refractivity contribution is 5.89. The van der Waals surface area contributed by atoms with Crippen LogP contribution in [0.5, 0.6) is 0 Å². The lowest BCUT2D eigenvalue weighted by Crippen LogP contribution is -2.32. The molecule has 0 spiro atoms. The first-order valence-electron chi connectivity index (χ1n) is 5.02. The van der Waals surface area contributed by atoms with Gasteiger partial charge in [0.25, 0.3) is 0 Å². The van der Waals surface area contributed by atoms with Gasteiger partial charge in [-0.25, -0.2) is 9.78 Å². The normalized spacial score (nSPS) is 12.2.